The summed E-state index contributed by atoms with van der Waals surface area (Å²) >= 11 is 0. The van der Waals surface area contributed by atoms with Gasteiger partial charge in [0.25, 0.3) is 5.91 Å². The first-order valence-corrected chi connectivity index (χ1v) is 7.80. The standard InChI is InChI=1S/C18H18FN3O2/c19-13-4-2-5-15(10-13)20-11-17(23)21-16-6-1-3-12(9-16)18(24)22-14-7-8-14/h1-6,9-10,14,20H,7-8,11H2,(H,21,23)(H,22,24). The van der Waals surface area contributed by atoms with Crippen molar-refractivity contribution in [2.75, 3.05) is 17.2 Å². The van der Waals surface area contributed by atoms with E-state index in [9.17, 15) is 14.0 Å². The molecule has 2 amide bonds. The topological polar surface area (TPSA) is 70.2 Å². The fraction of sp³-hybridized carbons (Fsp3) is 0.222. The van der Waals surface area contributed by atoms with E-state index in [1.165, 1.54) is 12.1 Å². The van der Waals surface area contributed by atoms with Gasteiger partial charge in [-0.3, -0.25) is 9.59 Å². The minimum Gasteiger partial charge on any atom is -0.376 e. The van der Waals surface area contributed by atoms with Gasteiger partial charge in [-0.05, 0) is 49.2 Å². The van der Waals surface area contributed by atoms with Gasteiger partial charge in [-0.15, -0.1) is 0 Å². The quantitative estimate of drug-likeness (QED) is 0.764. The molecular weight excluding hydrogens is 309 g/mol. The van der Waals surface area contributed by atoms with Gasteiger partial charge >= 0.3 is 0 Å². The highest BCUT2D eigenvalue weighted by molar-refractivity contribution is 5.98. The Morgan fingerprint density at radius 1 is 1.04 bits per heavy atom. The van der Waals surface area contributed by atoms with Gasteiger partial charge in [-0.25, -0.2) is 4.39 Å². The van der Waals surface area contributed by atoms with Gasteiger partial charge < -0.3 is 16.0 Å². The lowest BCUT2D eigenvalue weighted by atomic mass is 10.2. The first-order chi connectivity index (χ1) is 11.6. The molecule has 3 N–H and O–H groups in total. The molecule has 124 valence electrons. The number of rotatable bonds is 6. The van der Waals surface area contributed by atoms with E-state index in [1.54, 1.807) is 36.4 Å². The minimum absolute atomic E-state index is 0.00194. The number of nitrogens with one attached hydrogen (secondary N) is 3. The van der Waals surface area contributed by atoms with Gasteiger partial charge in [0.2, 0.25) is 5.91 Å². The highest BCUT2D eigenvalue weighted by Gasteiger charge is 2.23. The highest BCUT2D eigenvalue weighted by Crippen LogP contribution is 2.20. The van der Waals surface area contributed by atoms with Crippen molar-refractivity contribution in [1.29, 1.82) is 0 Å². The molecule has 0 unspecified atom stereocenters. The van der Waals surface area contributed by atoms with Crippen molar-refractivity contribution in [3.63, 3.8) is 0 Å². The van der Waals surface area contributed by atoms with Crippen LogP contribution in [0.15, 0.2) is 48.5 Å². The second-order valence-corrected chi connectivity index (χ2v) is 5.74. The van der Waals surface area contributed by atoms with E-state index in [-0.39, 0.29) is 30.2 Å². The maximum atomic E-state index is 13.1. The van der Waals surface area contributed by atoms with Crippen LogP contribution < -0.4 is 16.0 Å². The van der Waals surface area contributed by atoms with Gasteiger partial charge in [0, 0.05) is 23.0 Å². The molecule has 0 heterocycles. The molecule has 0 bridgehead atoms. The van der Waals surface area contributed by atoms with E-state index in [2.05, 4.69) is 16.0 Å². The maximum Gasteiger partial charge on any atom is 0.251 e. The first-order valence-electron chi connectivity index (χ1n) is 7.80. The number of carbonyl (C=O) groups is 2. The fourth-order valence-corrected chi connectivity index (χ4v) is 2.22. The summed E-state index contributed by atoms with van der Waals surface area (Å²) in [6.45, 7) is 0.00194. The van der Waals surface area contributed by atoms with E-state index in [0.29, 0.717) is 16.9 Å². The summed E-state index contributed by atoms with van der Waals surface area (Å²) in [5.41, 5.74) is 1.59. The SMILES string of the molecule is O=C(CNc1cccc(F)c1)Nc1cccc(C(=O)NC2CC2)c1. The van der Waals surface area contributed by atoms with Crippen molar-refractivity contribution in [2.24, 2.45) is 0 Å². The van der Waals surface area contributed by atoms with E-state index in [4.69, 9.17) is 0 Å². The number of anilines is 2. The largest absolute Gasteiger partial charge is 0.376 e. The molecule has 2 aromatic carbocycles. The zero-order valence-electron chi connectivity index (χ0n) is 13.0. The lowest BCUT2D eigenvalue weighted by Gasteiger charge is -2.09. The summed E-state index contributed by atoms with van der Waals surface area (Å²) in [5, 5.41) is 8.46. The number of amides is 2. The number of hydrogen-bond donors (Lipinski definition) is 3. The Hall–Kier alpha value is -2.89. The summed E-state index contributed by atoms with van der Waals surface area (Å²) in [6.07, 6.45) is 2.04. The molecule has 5 nitrogen and oxygen atoms in total. The van der Waals surface area contributed by atoms with Crippen molar-refractivity contribution in [2.45, 2.75) is 18.9 Å². The Morgan fingerprint density at radius 3 is 2.54 bits per heavy atom. The summed E-state index contributed by atoms with van der Waals surface area (Å²) in [7, 11) is 0. The second-order valence-electron chi connectivity index (χ2n) is 5.74. The van der Waals surface area contributed by atoms with E-state index in [1.807, 2.05) is 0 Å². The molecule has 0 radical (unpaired) electrons. The Bertz CT molecular complexity index is 759. The zero-order chi connectivity index (χ0) is 16.9. The molecule has 1 saturated carbocycles. The van der Waals surface area contributed by atoms with Crippen LogP contribution in [0, 0.1) is 5.82 Å². The average Bonchev–Trinajstić information content (AvgIpc) is 3.37. The van der Waals surface area contributed by atoms with Crippen LogP contribution in [-0.2, 0) is 4.79 Å². The van der Waals surface area contributed by atoms with Crippen molar-refractivity contribution >= 4 is 23.2 Å². The molecule has 1 aliphatic rings. The van der Waals surface area contributed by atoms with Crippen molar-refractivity contribution in [3.8, 4) is 0 Å². The van der Waals surface area contributed by atoms with Crippen molar-refractivity contribution in [3.05, 3.63) is 59.9 Å². The molecule has 0 aliphatic heterocycles. The number of halogens is 1. The van der Waals surface area contributed by atoms with Crippen LogP contribution in [0.4, 0.5) is 15.8 Å². The Kier molecular flexibility index (Phi) is 4.74. The number of benzene rings is 2. The molecule has 0 aromatic heterocycles. The van der Waals surface area contributed by atoms with Crippen LogP contribution >= 0.6 is 0 Å². The summed E-state index contributed by atoms with van der Waals surface area (Å²) < 4.78 is 13.1. The maximum absolute atomic E-state index is 13.1. The van der Waals surface area contributed by atoms with Crippen molar-refractivity contribution < 1.29 is 14.0 Å². The predicted octanol–water partition coefficient (Wildman–Crippen LogP) is 2.77. The van der Waals surface area contributed by atoms with E-state index < -0.39 is 0 Å². The van der Waals surface area contributed by atoms with Gasteiger partial charge in [0.1, 0.15) is 5.82 Å². The Morgan fingerprint density at radius 2 is 1.79 bits per heavy atom. The summed E-state index contributed by atoms with van der Waals surface area (Å²) in [4.78, 5) is 24.0. The van der Waals surface area contributed by atoms with Gasteiger partial charge in [-0.2, -0.15) is 0 Å². The van der Waals surface area contributed by atoms with Gasteiger partial charge in [0.15, 0.2) is 0 Å². The summed E-state index contributed by atoms with van der Waals surface area (Å²) in [6, 6.07) is 13.0. The van der Waals surface area contributed by atoms with Gasteiger partial charge in [-0.1, -0.05) is 12.1 Å². The smallest absolute Gasteiger partial charge is 0.251 e. The molecule has 0 atom stereocenters. The molecule has 6 heteroatoms. The highest BCUT2D eigenvalue weighted by atomic mass is 19.1. The number of carbonyl (C=O) groups excluding carboxylic acids is 2. The van der Waals surface area contributed by atoms with Crippen LogP contribution in [0.25, 0.3) is 0 Å². The monoisotopic (exact) mass is 327 g/mol. The molecule has 0 saturated heterocycles. The Labute approximate surface area is 139 Å². The van der Waals surface area contributed by atoms with Crippen molar-refractivity contribution in [1.82, 2.24) is 5.32 Å². The molecule has 3 rings (SSSR count). The molecular formula is C18H18FN3O2. The number of hydrogen-bond acceptors (Lipinski definition) is 3. The third-order valence-corrected chi connectivity index (χ3v) is 3.60. The molecule has 24 heavy (non-hydrogen) atoms. The third-order valence-electron chi connectivity index (χ3n) is 3.60. The fourth-order valence-electron chi connectivity index (χ4n) is 2.22. The second kappa shape index (κ2) is 7.12. The average molecular weight is 327 g/mol. The lowest BCUT2D eigenvalue weighted by molar-refractivity contribution is -0.114. The summed E-state index contributed by atoms with van der Waals surface area (Å²) in [5.74, 6) is -0.778. The Balaban J connectivity index is 1.54. The lowest BCUT2D eigenvalue weighted by Crippen LogP contribution is -2.26. The zero-order valence-corrected chi connectivity index (χ0v) is 13.0. The van der Waals surface area contributed by atoms with E-state index >= 15 is 0 Å². The minimum atomic E-state index is -0.366. The van der Waals surface area contributed by atoms with Crippen LogP contribution in [0.5, 0.6) is 0 Å². The van der Waals surface area contributed by atoms with Crippen LogP contribution in [0.3, 0.4) is 0 Å². The van der Waals surface area contributed by atoms with Gasteiger partial charge in [0.05, 0.1) is 6.54 Å². The third kappa shape index (κ3) is 4.55. The predicted molar refractivity (Wildman–Crippen MR) is 90.4 cm³/mol. The molecule has 2 aromatic rings. The normalized spacial score (nSPS) is 13.2. The van der Waals surface area contributed by atoms with Crippen LogP contribution in [0.1, 0.15) is 23.2 Å². The first kappa shape index (κ1) is 16.0. The van der Waals surface area contributed by atoms with E-state index in [0.717, 1.165) is 12.8 Å². The van der Waals surface area contributed by atoms with Crippen LogP contribution in [0.2, 0.25) is 0 Å². The molecule has 1 fully saturated rings. The molecule has 0 spiro atoms. The molecule has 1 aliphatic carbocycles. The van der Waals surface area contributed by atoms with Crippen LogP contribution in [-0.4, -0.2) is 24.4 Å².